The van der Waals surface area contributed by atoms with E-state index in [1.165, 1.54) is 22.1 Å². The fourth-order valence-corrected chi connectivity index (χ4v) is 3.64. The van der Waals surface area contributed by atoms with Gasteiger partial charge in [-0.25, -0.2) is 14.1 Å². The number of benzene rings is 2. The molecule has 0 aliphatic rings. The Morgan fingerprint density at radius 3 is 2.60 bits per heavy atom. The molecular weight excluding hydrogens is 403 g/mol. The maximum Gasteiger partial charge on any atom is 0.148 e. The van der Waals surface area contributed by atoms with Gasteiger partial charge >= 0.3 is 0 Å². The third kappa shape index (κ3) is 3.01. The first-order valence-electron chi connectivity index (χ1n) is 7.52. The number of para-hydroxylation sites is 1. The quantitative estimate of drug-likeness (QED) is 0.458. The molecule has 0 spiro atoms. The third-order valence-electron chi connectivity index (χ3n) is 3.82. The molecule has 0 saturated heterocycles. The molecule has 0 N–H and O–H groups in total. The van der Waals surface area contributed by atoms with Gasteiger partial charge < -0.3 is 0 Å². The van der Waals surface area contributed by atoms with E-state index in [2.05, 4.69) is 31.2 Å². The lowest BCUT2D eigenvalue weighted by atomic mass is 10.2. The number of hydrogen-bond acceptors (Lipinski definition) is 4. The Kier molecular flexibility index (Phi) is 4.19. The van der Waals surface area contributed by atoms with Crippen molar-refractivity contribution >= 4 is 27.3 Å². The van der Waals surface area contributed by atoms with Gasteiger partial charge in [0.1, 0.15) is 22.2 Å². The van der Waals surface area contributed by atoms with Gasteiger partial charge in [0.25, 0.3) is 0 Å². The second kappa shape index (κ2) is 6.50. The van der Waals surface area contributed by atoms with Crippen molar-refractivity contribution < 1.29 is 4.39 Å². The molecule has 0 radical (unpaired) electrons. The number of thiazole rings is 1. The standard InChI is InChI=1S/C18H12BrFN4S/c1-11-17(22-23-24(11)16-5-3-2-4-14(16)20)18-21-15(10-25-18)12-6-8-13(19)9-7-12/h2-10H,1H3. The highest BCUT2D eigenvalue weighted by Crippen LogP contribution is 2.30. The summed E-state index contributed by atoms with van der Waals surface area (Å²) in [7, 11) is 0. The van der Waals surface area contributed by atoms with E-state index in [-0.39, 0.29) is 5.82 Å². The largest absolute Gasteiger partial charge is 0.234 e. The van der Waals surface area contributed by atoms with Gasteiger partial charge in [-0.1, -0.05) is 45.4 Å². The Balaban J connectivity index is 1.72. The van der Waals surface area contributed by atoms with Gasteiger partial charge in [-0.15, -0.1) is 16.4 Å². The summed E-state index contributed by atoms with van der Waals surface area (Å²) >= 11 is 4.93. The van der Waals surface area contributed by atoms with Crippen molar-refractivity contribution in [1.29, 1.82) is 0 Å². The molecule has 25 heavy (non-hydrogen) atoms. The van der Waals surface area contributed by atoms with Gasteiger partial charge in [-0.05, 0) is 31.2 Å². The topological polar surface area (TPSA) is 43.6 Å². The molecule has 0 atom stereocenters. The van der Waals surface area contributed by atoms with E-state index in [0.29, 0.717) is 11.4 Å². The minimum absolute atomic E-state index is 0.336. The number of hydrogen-bond donors (Lipinski definition) is 0. The molecule has 4 aromatic rings. The number of halogens is 2. The maximum atomic E-state index is 14.0. The predicted octanol–water partition coefficient (Wildman–Crippen LogP) is 5.27. The van der Waals surface area contributed by atoms with E-state index in [1.54, 1.807) is 18.2 Å². The molecule has 0 aliphatic heterocycles. The zero-order chi connectivity index (χ0) is 17.4. The van der Waals surface area contributed by atoms with E-state index in [1.807, 2.05) is 36.6 Å². The molecule has 2 aromatic carbocycles. The van der Waals surface area contributed by atoms with Crippen molar-refractivity contribution in [3.05, 3.63) is 69.9 Å². The van der Waals surface area contributed by atoms with Crippen LogP contribution in [0.25, 0.3) is 27.6 Å². The monoisotopic (exact) mass is 414 g/mol. The summed E-state index contributed by atoms with van der Waals surface area (Å²) in [4.78, 5) is 4.66. The van der Waals surface area contributed by atoms with Crippen LogP contribution in [0.3, 0.4) is 0 Å². The number of nitrogens with zero attached hydrogens (tertiary/aromatic N) is 4. The highest BCUT2D eigenvalue weighted by atomic mass is 79.9. The number of aromatic nitrogens is 4. The van der Waals surface area contributed by atoms with Crippen molar-refractivity contribution in [3.8, 4) is 27.6 Å². The van der Waals surface area contributed by atoms with E-state index in [0.717, 1.165) is 26.4 Å². The zero-order valence-corrected chi connectivity index (χ0v) is 15.6. The number of rotatable bonds is 3. The maximum absolute atomic E-state index is 14.0. The fourth-order valence-electron chi connectivity index (χ4n) is 2.51. The van der Waals surface area contributed by atoms with E-state index < -0.39 is 0 Å². The molecule has 124 valence electrons. The summed E-state index contributed by atoms with van der Waals surface area (Å²) in [5, 5.41) is 11.1. The van der Waals surface area contributed by atoms with Crippen LogP contribution in [0, 0.1) is 12.7 Å². The van der Waals surface area contributed by atoms with Crippen molar-refractivity contribution in [3.63, 3.8) is 0 Å². The van der Waals surface area contributed by atoms with E-state index in [4.69, 9.17) is 0 Å². The van der Waals surface area contributed by atoms with Gasteiger partial charge in [-0.3, -0.25) is 0 Å². The minimum atomic E-state index is -0.336. The van der Waals surface area contributed by atoms with Gasteiger partial charge in [0.2, 0.25) is 0 Å². The van der Waals surface area contributed by atoms with Crippen molar-refractivity contribution in [1.82, 2.24) is 20.0 Å². The summed E-state index contributed by atoms with van der Waals surface area (Å²) in [5.41, 5.74) is 3.71. The van der Waals surface area contributed by atoms with E-state index in [9.17, 15) is 4.39 Å². The van der Waals surface area contributed by atoms with Crippen LogP contribution in [0.4, 0.5) is 4.39 Å². The fraction of sp³-hybridized carbons (Fsp3) is 0.0556. The van der Waals surface area contributed by atoms with Crippen LogP contribution < -0.4 is 0 Å². The van der Waals surface area contributed by atoms with Crippen LogP contribution in [0.15, 0.2) is 58.4 Å². The van der Waals surface area contributed by atoms with Crippen LogP contribution in [0.1, 0.15) is 5.69 Å². The summed E-state index contributed by atoms with van der Waals surface area (Å²) in [5.74, 6) is -0.336. The van der Waals surface area contributed by atoms with Gasteiger partial charge in [-0.2, -0.15) is 0 Å². The molecule has 0 aliphatic carbocycles. The highest BCUT2D eigenvalue weighted by molar-refractivity contribution is 9.10. The molecule has 0 bridgehead atoms. The summed E-state index contributed by atoms with van der Waals surface area (Å²) in [6.07, 6.45) is 0. The Bertz CT molecular complexity index is 1040. The smallest absolute Gasteiger partial charge is 0.148 e. The Morgan fingerprint density at radius 2 is 1.84 bits per heavy atom. The molecule has 2 aromatic heterocycles. The molecule has 4 nitrogen and oxygen atoms in total. The predicted molar refractivity (Wildman–Crippen MR) is 100 cm³/mol. The summed E-state index contributed by atoms with van der Waals surface area (Å²) in [6.45, 7) is 1.86. The first kappa shape index (κ1) is 16.1. The van der Waals surface area contributed by atoms with Gasteiger partial charge in [0, 0.05) is 15.4 Å². The van der Waals surface area contributed by atoms with E-state index >= 15 is 0 Å². The second-order valence-corrected chi connectivity index (χ2v) is 7.21. The lowest BCUT2D eigenvalue weighted by molar-refractivity contribution is 0.604. The molecule has 4 rings (SSSR count). The van der Waals surface area contributed by atoms with Crippen molar-refractivity contribution in [2.75, 3.05) is 0 Å². The highest BCUT2D eigenvalue weighted by Gasteiger charge is 2.17. The minimum Gasteiger partial charge on any atom is -0.234 e. The third-order valence-corrected chi connectivity index (χ3v) is 5.20. The average molecular weight is 415 g/mol. The normalized spacial score (nSPS) is 11.0. The van der Waals surface area contributed by atoms with Crippen molar-refractivity contribution in [2.45, 2.75) is 6.92 Å². The lowest BCUT2D eigenvalue weighted by Crippen LogP contribution is -2.01. The Morgan fingerprint density at radius 1 is 1.08 bits per heavy atom. The van der Waals surface area contributed by atoms with Crippen LogP contribution in [0.2, 0.25) is 0 Å². The first-order valence-corrected chi connectivity index (χ1v) is 9.20. The molecule has 2 heterocycles. The van der Waals surface area contributed by atoms with Crippen LogP contribution in [-0.4, -0.2) is 20.0 Å². The molecule has 0 amide bonds. The Labute approximate surface area is 156 Å². The average Bonchev–Trinajstić information content (AvgIpc) is 3.23. The van der Waals surface area contributed by atoms with Gasteiger partial charge in [0.05, 0.1) is 11.4 Å². The zero-order valence-electron chi connectivity index (χ0n) is 13.1. The van der Waals surface area contributed by atoms with Crippen LogP contribution >= 0.6 is 27.3 Å². The lowest BCUT2D eigenvalue weighted by Gasteiger charge is -2.04. The SMILES string of the molecule is Cc1c(-c2nc(-c3ccc(Br)cc3)cs2)nnn1-c1ccccc1F. The van der Waals surface area contributed by atoms with Crippen LogP contribution in [0.5, 0.6) is 0 Å². The first-order chi connectivity index (χ1) is 12.1. The Hall–Kier alpha value is -2.38. The summed E-state index contributed by atoms with van der Waals surface area (Å²) in [6, 6.07) is 14.5. The molecule has 0 unspecified atom stereocenters. The molecule has 0 saturated carbocycles. The van der Waals surface area contributed by atoms with Crippen molar-refractivity contribution in [2.24, 2.45) is 0 Å². The molecule has 0 fully saturated rings. The molecule has 7 heteroatoms. The molecular formula is C18H12BrFN4S. The second-order valence-electron chi connectivity index (χ2n) is 5.43. The van der Waals surface area contributed by atoms with Crippen LogP contribution in [-0.2, 0) is 0 Å². The van der Waals surface area contributed by atoms with Gasteiger partial charge in [0.15, 0.2) is 0 Å². The summed E-state index contributed by atoms with van der Waals surface area (Å²) < 4.78 is 16.5.